The van der Waals surface area contributed by atoms with Crippen LogP contribution in [0.3, 0.4) is 0 Å². The second-order valence-electron chi connectivity index (χ2n) is 8.93. The van der Waals surface area contributed by atoms with Crippen molar-refractivity contribution in [2.75, 3.05) is 5.73 Å². The maximum atomic E-state index is 12.1. The van der Waals surface area contributed by atoms with Gasteiger partial charge in [0.25, 0.3) is 30.4 Å². The molecule has 4 aromatic rings. The van der Waals surface area contributed by atoms with E-state index >= 15 is 0 Å². The van der Waals surface area contributed by atoms with Crippen molar-refractivity contribution in [2.45, 2.75) is 28.5 Å². The monoisotopic (exact) mass is 761 g/mol. The van der Waals surface area contributed by atoms with E-state index in [1.54, 1.807) is 13.8 Å². The summed E-state index contributed by atoms with van der Waals surface area (Å²) in [5, 5.41) is 26.8. The molecule has 6 N–H and O–H groups in total. The summed E-state index contributed by atoms with van der Waals surface area (Å²) < 4.78 is 99.0. The summed E-state index contributed by atoms with van der Waals surface area (Å²) in [6.45, 7) is 3.13. The van der Waals surface area contributed by atoms with Crippen LogP contribution in [0.2, 0.25) is 0 Å². The van der Waals surface area contributed by atoms with Gasteiger partial charge in [0.05, 0.1) is 16.3 Å². The van der Waals surface area contributed by atoms with Crippen molar-refractivity contribution in [1.82, 2.24) is 0 Å². The minimum absolute atomic E-state index is 0. The molecule has 0 heterocycles. The first kappa shape index (κ1) is 36.9. The molecule has 0 saturated carbocycles. The second kappa shape index (κ2) is 13.4. The Morgan fingerprint density at radius 2 is 1.14 bits per heavy atom. The zero-order valence-electron chi connectivity index (χ0n) is 22.1. The van der Waals surface area contributed by atoms with Crippen LogP contribution in [0.25, 0.3) is 10.8 Å². The zero-order chi connectivity index (χ0) is 31.2. The first-order chi connectivity index (χ1) is 19.4. The number of azo groups is 2. The number of nitrogens with zero attached hydrogens (tertiary/aromatic N) is 4. The third-order valence-corrected chi connectivity index (χ3v) is 8.51. The molecule has 4 aromatic carbocycles. The first-order valence-electron chi connectivity index (χ1n) is 11.4. The largest absolute Gasteiger partial charge is 0.505 e. The number of aryl methyl sites for hydroxylation is 2. The second-order valence-corrected chi connectivity index (χ2v) is 13.1. The van der Waals surface area contributed by atoms with Gasteiger partial charge in [-0.25, -0.2) is 0 Å². The van der Waals surface area contributed by atoms with Crippen LogP contribution < -0.4 is 5.73 Å². The molecule has 0 saturated heterocycles. The van der Waals surface area contributed by atoms with E-state index in [4.69, 9.17) is 5.73 Å². The molecule has 0 amide bonds. The molecule has 0 fully saturated rings. The minimum Gasteiger partial charge on any atom is -0.505 e. The smallest absolute Gasteiger partial charge is 0.296 e. The van der Waals surface area contributed by atoms with E-state index in [0.717, 1.165) is 18.2 Å². The maximum Gasteiger partial charge on any atom is 0.296 e. The Labute approximate surface area is 272 Å². The fraction of sp³-hybridized carbons (Fsp3) is 0.0833. The minimum atomic E-state index is -4.85. The van der Waals surface area contributed by atoms with Crippen molar-refractivity contribution in [1.29, 1.82) is 0 Å². The van der Waals surface area contributed by atoms with E-state index in [1.165, 1.54) is 30.3 Å². The Bertz CT molecular complexity index is 2170. The average molecular weight is 763 g/mol. The Morgan fingerprint density at radius 1 is 0.614 bits per heavy atom. The van der Waals surface area contributed by atoms with Crippen molar-refractivity contribution in [3.63, 3.8) is 0 Å². The van der Waals surface area contributed by atoms with Gasteiger partial charge in [-0.05, 0) is 85.0 Å². The number of aromatic hydroxyl groups is 1. The molecule has 20 heteroatoms. The van der Waals surface area contributed by atoms with Gasteiger partial charge >= 0.3 is 0 Å². The number of nitrogens with two attached hydrogens (primary N) is 1. The van der Waals surface area contributed by atoms with Crippen LogP contribution in [0, 0.1) is 13.8 Å². The van der Waals surface area contributed by atoms with Gasteiger partial charge in [0.2, 0.25) is 0 Å². The van der Waals surface area contributed by atoms with E-state index in [-0.39, 0.29) is 56.3 Å². The summed E-state index contributed by atoms with van der Waals surface area (Å²) in [7, 11) is -14.4. The number of hydrogen-bond acceptors (Lipinski definition) is 12. The molecular formula is C24H21Cu2N5O10S3. The SMILES string of the molecule is Cc1cc(N=Nc2c(S(=O)(=O)O)cc3cc(N)ccc3c2O)c(C)cc1N=Nc1cc(S(=O)(=O)O)ccc1S(=O)(=O)O.[Cu].[Cu]. The summed E-state index contributed by atoms with van der Waals surface area (Å²) in [6, 6.07) is 10.5. The number of phenolic OH excluding ortho intramolecular Hbond substituents is 1. The molecule has 0 bridgehead atoms. The number of nitrogen functional groups attached to an aromatic ring is 1. The molecule has 0 spiro atoms. The predicted octanol–water partition coefficient (Wildman–Crippen LogP) is 5.31. The standard InChI is InChI=1S/C24H21N5O10S3.2Cu/c1-12-8-19(27-29-23-22(42(37,38)39)10-14-9-15(25)3-5-17(14)24(23)30)13(2)7-18(12)26-28-20-11-16(40(31,32)33)4-6-21(20)41(34,35)36;;/h3-11,30H,25H2,1-2H3,(H,31,32,33)(H,34,35,36)(H,37,38,39);;. The fourth-order valence-electron chi connectivity index (χ4n) is 3.83. The van der Waals surface area contributed by atoms with Gasteiger partial charge in [-0.3, -0.25) is 13.7 Å². The van der Waals surface area contributed by atoms with Crippen molar-refractivity contribution in [3.8, 4) is 5.75 Å². The summed E-state index contributed by atoms with van der Waals surface area (Å²) >= 11 is 0. The fourth-order valence-corrected chi connectivity index (χ4v) is 5.59. The van der Waals surface area contributed by atoms with Gasteiger partial charge in [0.1, 0.15) is 21.2 Å². The van der Waals surface area contributed by atoms with Crippen molar-refractivity contribution < 1.29 is 78.2 Å². The molecule has 4 rings (SSSR count). The van der Waals surface area contributed by atoms with Gasteiger partial charge in [-0.1, -0.05) is 0 Å². The van der Waals surface area contributed by atoms with Crippen LogP contribution in [0.15, 0.2) is 89.7 Å². The van der Waals surface area contributed by atoms with Gasteiger partial charge in [-0.2, -0.15) is 35.5 Å². The van der Waals surface area contributed by atoms with E-state index in [0.29, 0.717) is 22.9 Å². The van der Waals surface area contributed by atoms with Crippen molar-refractivity contribution >= 4 is 69.6 Å². The molecule has 2 radical (unpaired) electrons. The van der Waals surface area contributed by atoms with Gasteiger partial charge in [0.15, 0.2) is 5.75 Å². The number of phenols is 1. The van der Waals surface area contributed by atoms with E-state index in [1.807, 2.05) is 0 Å². The van der Waals surface area contributed by atoms with Crippen LogP contribution in [-0.2, 0) is 64.5 Å². The van der Waals surface area contributed by atoms with Crippen LogP contribution >= 0.6 is 0 Å². The average Bonchev–Trinajstić information content (AvgIpc) is 2.86. The molecule has 44 heavy (non-hydrogen) atoms. The van der Waals surface area contributed by atoms with E-state index in [2.05, 4.69) is 20.5 Å². The number of benzene rings is 4. The summed E-state index contributed by atoms with van der Waals surface area (Å²) in [5.74, 6) is -0.564. The van der Waals surface area contributed by atoms with Gasteiger partial charge in [0, 0.05) is 45.2 Å². The Kier molecular flexibility index (Phi) is 11.2. The van der Waals surface area contributed by atoms with Crippen LogP contribution in [0.4, 0.5) is 28.4 Å². The first-order valence-corrected chi connectivity index (χ1v) is 15.7. The Morgan fingerprint density at radius 3 is 1.66 bits per heavy atom. The van der Waals surface area contributed by atoms with Crippen LogP contribution in [0.1, 0.15) is 11.1 Å². The predicted molar refractivity (Wildman–Crippen MR) is 150 cm³/mol. The molecule has 15 nitrogen and oxygen atoms in total. The third-order valence-electron chi connectivity index (χ3n) is 5.90. The summed E-state index contributed by atoms with van der Waals surface area (Å²) in [6.07, 6.45) is 0. The summed E-state index contributed by atoms with van der Waals surface area (Å²) in [5.41, 5.74) is 6.08. The molecule has 0 aromatic heterocycles. The van der Waals surface area contributed by atoms with Gasteiger partial charge in [-0.15, -0.1) is 10.2 Å². The topological polar surface area (TPSA) is 259 Å². The van der Waals surface area contributed by atoms with Crippen LogP contribution in [0.5, 0.6) is 5.75 Å². The molecule has 0 atom stereocenters. The van der Waals surface area contributed by atoms with Crippen molar-refractivity contribution in [2.24, 2.45) is 20.5 Å². The molecular weight excluding hydrogens is 742 g/mol. The van der Waals surface area contributed by atoms with E-state index < -0.39 is 62.2 Å². The number of fused-ring (bicyclic) bond motifs is 1. The maximum absolute atomic E-state index is 12.1. The normalized spacial score (nSPS) is 12.4. The van der Waals surface area contributed by atoms with Gasteiger partial charge < -0.3 is 10.8 Å². The summed E-state index contributed by atoms with van der Waals surface area (Å²) in [4.78, 5) is -2.15. The number of hydrogen-bond donors (Lipinski definition) is 5. The third kappa shape index (κ3) is 8.05. The molecule has 0 aliphatic heterocycles. The number of anilines is 1. The Balaban J connectivity index is 0.00000337. The van der Waals surface area contributed by atoms with Crippen LogP contribution in [-0.4, -0.2) is 44.0 Å². The van der Waals surface area contributed by atoms with E-state index in [9.17, 15) is 44.0 Å². The number of rotatable bonds is 7. The quantitative estimate of drug-likeness (QED) is 0.0697. The zero-order valence-corrected chi connectivity index (χ0v) is 26.5. The van der Waals surface area contributed by atoms with Crippen molar-refractivity contribution in [3.05, 3.63) is 65.7 Å². The molecule has 0 aliphatic carbocycles. The molecule has 242 valence electrons. The molecule has 0 aliphatic rings. The molecule has 0 unspecified atom stereocenters. The Hall–Kier alpha value is -3.29.